The van der Waals surface area contributed by atoms with E-state index in [4.69, 9.17) is 4.74 Å². The van der Waals surface area contributed by atoms with E-state index in [-0.39, 0.29) is 12.0 Å². The molecule has 3 heterocycles. The molecule has 0 saturated carbocycles. The maximum atomic E-state index is 12.7. The van der Waals surface area contributed by atoms with Crippen molar-refractivity contribution < 1.29 is 9.53 Å². The van der Waals surface area contributed by atoms with E-state index in [0.717, 1.165) is 39.1 Å². The van der Waals surface area contributed by atoms with Gasteiger partial charge in [-0.05, 0) is 23.6 Å². The van der Waals surface area contributed by atoms with Crippen LogP contribution in [0.25, 0.3) is 0 Å². The highest BCUT2D eigenvalue weighted by atomic mass is 16.5. The molecule has 1 amide bonds. The zero-order valence-corrected chi connectivity index (χ0v) is 14.4. The number of morpholine rings is 1. The quantitative estimate of drug-likeness (QED) is 0.838. The molecule has 6 heteroatoms. The number of nitrogens with zero attached hydrogens (tertiary/aromatic N) is 4. The van der Waals surface area contributed by atoms with Crippen molar-refractivity contribution in [2.75, 3.05) is 32.8 Å². The summed E-state index contributed by atoms with van der Waals surface area (Å²) in [5.74, 6) is 0.217. The van der Waals surface area contributed by atoms with Gasteiger partial charge in [0, 0.05) is 38.6 Å². The molecule has 0 aliphatic carbocycles. The molecule has 1 saturated heterocycles. The van der Waals surface area contributed by atoms with Gasteiger partial charge in [0.2, 0.25) is 5.91 Å². The van der Waals surface area contributed by atoms with Crippen LogP contribution >= 0.6 is 0 Å². The molecule has 1 aromatic heterocycles. The van der Waals surface area contributed by atoms with Gasteiger partial charge < -0.3 is 9.64 Å². The molecule has 1 atom stereocenters. The second kappa shape index (κ2) is 7.37. The lowest BCUT2D eigenvalue weighted by molar-refractivity contribution is -0.135. The first-order chi connectivity index (χ1) is 12.3. The second-order valence-corrected chi connectivity index (χ2v) is 6.79. The molecule has 0 spiro atoms. The zero-order valence-electron chi connectivity index (χ0n) is 14.4. The SMILES string of the molecule is O=C(CN1CCOC(Cn2cccn2)C1)N1CCc2ccccc2C1. The first kappa shape index (κ1) is 16.3. The predicted molar refractivity (Wildman–Crippen MR) is 94.0 cm³/mol. The first-order valence-corrected chi connectivity index (χ1v) is 8.94. The van der Waals surface area contributed by atoms with Gasteiger partial charge in [-0.3, -0.25) is 14.4 Å². The van der Waals surface area contributed by atoms with Crippen molar-refractivity contribution in [1.29, 1.82) is 0 Å². The Morgan fingerprint density at radius 2 is 2.08 bits per heavy atom. The molecular formula is C19H24N4O2. The van der Waals surface area contributed by atoms with Crippen molar-refractivity contribution in [2.45, 2.75) is 25.6 Å². The number of benzene rings is 1. The van der Waals surface area contributed by atoms with Crippen LogP contribution in [0.1, 0.15) is 11.1 Å². The van der Waals surface area contributed by atoms with Gasteiger partial charge in [0.15, 0.2) is 0 Å². The molecule has 25 heavy (non-hydrogen) atoms. The number of carbonyl (C=O) groups is 1. The summed E-state index contributed by atoms with van der Waals surface area (Å²) in [4.78, 5) is 16.9. The summed E-state index contributed by atoms with van der Waals surface area (Å²) in [6, 6.07) is 10.3. The number of rotatable bonds is 4. The van der Waals surface area contributed by atoms with Gasteiger partial charge in [-0.25, -0.2) is 0 Å². The largest absolute Gasteiger partial charge is 0.374 e. The van der Waals surface area contributed by atoms with Crippen molar-refractivity contribution >= 4 is 5.91 Å². The van der Waals surface area contributed by atoms with Crippen LogP contribution in [0.5, 0.6) is 0 Å². The van der Waals surface area contributed by atoms with Crippen LogP contribution in [0, 0.1) is 0 Å². The Kier molecular flexibility index (Phi) is 4.81. The van der Waals surface area contributed by atoms with Gasteiger partial charge in [-0.2, -0.15) is 5.10 Å². The Bertz CT molecular complexity index is 716. The van der Waals surface area contributed by atoms with Crippen molar-refractivity contribution in [3.63, 3.8) is 0 Å². The van der Waals surface area contributed by atoms with Gasteiger partial charge in [0.05, 0.1) is 25.8 Å². The molecule has 2 aromatic rings. The standard InChI is InChI=1S/C19H24N4O2/c24-19(22-9-6-16-4-1-2-5-17(16)12-22)15-21-10-11-25-18(13-21)14-23-8-3-7-20-23/h1-5,7-8,18H,6,9-15H2. The van der Waals surface area contributed by atoms with E-state index < -0.39 is 0 Å². The maximum Gasteiger partial charge on any atom is 0.237 e. The topological polar surface area (TPSA) is 50.6 Å². The summed E-state index contributed by atoms with van der Waals surface area (Å²) >= 11 is 0. The normalized spacial score (nSPS) is 21.1. The molecular weight excluding hydrogens is 316 g/mol. The molecule has 132 valence electrons. The number of fused-ring (bicyclic) bond motifs is 1. The number of aromatic nitrogens is 2. The zero-order chi connectivity index (χ0) is 17.1. The third-order valence-electron chi connectivity index (χ3n) is 5.02. The Labute approximate surface area is 148 Å². The van der Waals surface area contributed by atoms with E-state index in [2.05, 4.69) is 34.3 Å². The highest BCUT2D eigenvalue weighted by Gasteiger charge is 2.26. The van der Waals surface area contributed by atoms with Gasteiger partial charge >= 0.3 is 0 Å². The Morgan fingerprint density at radius 1 is 1.20 bits per heavy atom. The van der Waals surface area contributed by atoms with E-state index in [1.807, 2.05) is 21.8 Å². The summed E-state index contributed by atoms with van der Waals surface area (Å²) in [5, 5.41) is 4.23. The lowest BCUT2D eigenvalue weighted by Gasteiger charge is -2.35. The molecule has 2 aliphatic rings. The summed E-state index contributed by atoms with van der Waals surface area (Å²) < 4.78 is 7.71. The van der Waals surface area contributed by atoms with Crippen LogP contribution in [-0.2, 0) is 29.0 Å². The number of hydrogen-bond donors (Lipinski definition) is 0. The molecule has 1 fully saturated rings. The van der Waals surface area contributed by atoms with Crippen LogP contribution in [0.4, 0.5) is 0 Å². The molecule has 0 N–H and O–H groups in total. The lowest BCUT2D eigenvalue weighted by Crippen LogP contribution is -2.49. The predicted octanol–water partition coefficient (Wildman–Crippen LogP) is 1.17. The maximum absolute atomic E-state index is 12.7. The summed E-state index contributed by atoms with van der Waals surface area (Å²) in [6.07, 6.45) is 4.76. The van der Waals surface area contributed by atoms with Crippen molar-refractivity contribution in [3.05, 3.63) is 53.9 Å². The number of amides is 1. The van der Waals surface area contributed by atoms with Gasteiger partial charge in [0.1, 0.15) is 0 Å². The van der Waals surface area contributed by atoms with Gasteiger partial charge in [-0.1, -0.05) is 24.3 Å². The minimum atomic E-state index is 0.0866. The number of hydrogen-bond acceptors (Lipinski definition) is 4. The molecule has 4 rings (SSSR count). The van der Waals surface area contributed by atoms with Crippen LogP contribution in [0.2, 0.25) is 0 Å². The van der Waals surface area contributed by atoms with Crippen LogP contribution in [-0.4, -0.2) is 64.4 Å². The fourth-order valence-corrected chi connectivity index (χ4v) is 3.65. The van der Waals surface area contributed by atoms with Crippen molar-refractivity contribution in [2.24, 2.45) is 0 Å². The molecule has 2 aliphatic heterocycles. The molecule has 0 bridgehead atoms. The average molecular weight is 340 g/mol. The van der Waals surface area contributed by atoms with Crippen LogP contribution in [0.3, 0.4) is 0 Å². The number of carbonyl (C=O) groups excluding carboxylic acids is 1. The van der Waals surface area contributed by atoms with E-state index >= 15 is 0 Å². The highest BCUT2D eigenvalue weighted by molar-refractivity contribution is 5.78. The van der Waals surface area contributed by atoms with Crippen molar-refractivity contribution in [3.8, 4) is 0 Å². The molecule has 1 unspecified atom stereocenters. The molecule has 6 nitrogen and oxygen atoms in total. The van der Waals surface area contributed by atoms with Gasteiger partial charge in [0.25, 0.3) is 0 Å². The second-order valence-electron chi connectivity index (χ2n) is 6.79. The minimum Gasteiger partial charge on any atom is -0.374 e. The van der Waals surface area contributed by atoms with Crippen LogP contribution < -0.4 is 0 Å². The monoisotopic (exact) mass is 340 g/mol. The first-order valence-electron chi connectivity index (χ1n) is 8.94. The average Bonchev–Trinajstić information content (AvgIpc) is 3.14. The van der Waals surface area contributed by atoms with E-state index in [1.165, 1.54) is 11.1 Å². The Morgan fingerprint density at radius 3 is 2.92 bits per heavy atom. The third kappa shape index (κ3) is 3.91. The van der Waals surface area contributed by atoms with Gasteiger partial charge in [-0.15, -0.1) is 0 Å². The Balaban J connectivity index is 1.32. The van der Waals surface area contributed by atoms with Crippen LogP contribution in [0.15, 0.2) is 42.7 Å². The van der Waals surface area contributed by atoms with E-state index in [1.54, 1.807) is 6.20 Å². The summed E-state index contributed by atoms with van der Waals surface area (Å²) in [7, 11) is 0. The van der Waals surface area contributed by atoms with Crippen molar-refractivity contribution in [1.82, 2.24) is 19.6 Å². The number of ether oxygens (including phenoxy) is 1. The smallest absolute Gasteiger partial charge is 0.237 e. The lowest BCUT2D eigenvalue weighted by atomic mass is 10.00. The fraction of sp³-hybridized carbons (Fsp3) is 0.474. The summed E-state index contributed by atoms with van der Waals surface area (Å²) in [5.41, 5.74) is 2.65. The minimum absolute atomic E-state index is 0.0866. The molecule has 1 aromatic carbocycles. The fourth-order valence-electron chi connectivity index (χ4n) is 3.65. The Hall–Kier alpha value is -2.18. The van der Waals surface area contributed by atoms with E-state index in [0.29, 0.717) is 13.2 Å². The van der Waals surface area contributed by atoms with E-state index in [9.17, 15) is 4.79 Å². The molecule has 0 radical (unpaired) electrons. The summed E-state index contributed by atoms with van der Waals surface area (Å²) in [6.45, 7) is 5.01. The third-order valence-corrected chi connectivity index (χ3v) is 5.02. The highest BCUT2D eigenvalue weighted by Crippen LogP contribution is 2.19.